The van der Waals surface area contributed by atoms with Crippen LogP contribution >= 0.6 is 11.6 Å². The lowest BCUT2D eigenvalue weighted by Crippen LogP contribution is -2.38. The Labute approximate surface area is 135 Å². The fourth-order valence-electron chi connectivity index (χ4n) is 2.56. The van der Waals surface area contributed by atoms with Crippen molar-refractivity contribution >= 4 is 23.4 Å². The molecule has 0 radical (unpaired) electrons. The molecule has 3 rings (SSSR count). The molecule has 2 amide bonds. The van der Waals surface area contributed by atoms with E-state index < -0.39 is 0 Å². The molecule has 0 unspecified atom stereocenters. The van der Waals surface area contributed by atoms with Gasteiger partial charge < -0.3 is 4.90 Å². The summed E-state index contributed by atoms with van der Waals surface area (Å²) < 4.78 is 0. The summed E-state index contributed by atoms with van der Waals surface area (Å²) in [5, 5.41) is 0.694. The molecule has 2 heterocycles. The van der Waals surface area contributed by atoms with Crippen LogP contribution in [0.25, 0.3) is 11.1 Å². The lowest BCUT2D eigenvalue weighted by atomic mass is 10.1. The summed E-state index contributed by atoms with van der Waals surface area (Å²) in [4.78, 5) is 20.2. The van der Waals surface area contributed by atoms with Crippen LogP contribution in [0.3, 0.4) is 0 Å². The first-order chi connectivity index (χ1) is 10.4. The molecule has 1 aromatic carbocycles. The molecule has 0 atom stereocenters. The van der Waals surface area contributed by atoms with Gasteiger partial charge in [-0.1, -0.05) is 23.7 Å². The zero-order valence-corrected chi connectivity index (χ0v) is 13.6. The summed E-state index contributed by atoms with van der Waals surface area (Å²) in [6.07, 6.45) is 1.78. The quantitative estimate of drug-likeness (QED) is 0.838. The van der Waals surface area contributed by atoms with Crippen LogP contribution in [0, 0.1) is 0 Å². The van der Waals surface area contributed by atoms with Crippen LogP contribution in [0.4, 0.5) is 10.6 Å². The Hall–Kier alpha value is -2.07. The molecule has 1 saturated heterocycles. The summed E-state index contributed by atoms with van der Waals surface area (Å²) in [6.45, 7) is 4.72. The maximum atomic E-state index is 12.3. The van der Waals surface area contributed by atoms with E-state index in [1.165, 1.54) is 0 Å². The summed E-state index contributed by atoms with van der Waals surface area (Å²) >= 11 is 6.02. The second-order valence-corrected chi connectivity index (χ2v) is 6.59. The highest BCUT2D eigenvalue weighted by Crippen LogP contribution is 2.29. The van der Waals surface area contributed by atoms with Crippen LogP contribution in [0.15, 0.2) is 42.6 Å². The van der Waals surface area contributed by atoms with Gasteiger partial charge in [0.15, 0.2) is 0 Å². The molecule has 2 aromatic rings. The molecule has 5 heteroatoms. The topological polar surface area (TPSA) is 36.4 Å². The largest absolute Gasteiger partial charge is 0.325 e. The molecule has 1 aliphatic heterocycles. The predicted molar refractivity (Wildman–Crippen MR) is 89.3 cm³/mol. The highest BCUT2D eigenvalue weighted by molar-refractivity contribution is 6.30. The molecule has 4 nitrogen and oxygen atoms in total. The first kappa shape index (κ1) is 14.9. The number of aromatic nitrogens is 1. The SMILES string of the molecule is CN1C(=O)N(c2ccc(-c3cccc(Cl)c3)cn2)CC1(C)C. The minimum Gasteiger partial charge on any atom is -0.320 e. The van der Waals surface area contributed by atoms with E-state index in [-0.39, 0.29) is 11.6 Å². The molecule has 0 bridgehead atoms. The fraction of sp³-hybridized carbons (Fsp3) is 0.294. The van der Waals surface area contributed by atoms with Crippen molar-refractivity contribution in [3.63, 3.8) is 0 Å². The summed E-state index contributed by atoms with van der Waals surface area (Å²) in [7, 11) is 1.82. The molecular formula is C17H18ClN3O. The van der Waals surface area contributed by atoms with Crippen molar-refractivity contribution in [1.29, 1.82) is 0 Å². The van der Waals surface area contributed by atoms with Crippen molar-refractivity contribution in [1.82, 2.24) is 9.88 Å². The number of hydrogen-bond donors (Lipinski definition) is 0. The van der Waals surface area contributed by atoms with Gasteiger partial charge in [0.2, 0.25) is 0 Å². The van der Waals surface area contributed by atoms with Gasteiger partial charge in [-0.3, -0.25) is 4.90 Å². The molecular weight excluding hydrogens is 298 g/mol. The number of carbonyl (C=O) groups excluding carboxylic acids is 1. The van der Waals surface area contributed by atoms with E-state index in [9.17, 15) is 4.79 Å². The minimum atomic E-state index is -0.190. The zero-order valence-electron chi connectivity index (χ0n) is 12.9. The van der Waals surface area contributed by atoms with Crippen LogP contribution < -0.4 is 4.90 Å². The van der Waals surface area contributed by atoms with Gasteiger partial charge in [0.25, 0.3) is 0 Å². The van der Waals surface area contributed by atoms with E-state index in [0.717, 1.165) is 11.1 Å². The number of likely N-dealkylation sites (N-methyl/N-ethyl adjacent to an activating group) is 1. The van der Waals surface area contributed by atoms with Gasteiger partial charge in [-0.05, 0) is 43.7 Å². The first-order valence-corrected chi connectivity index (χ1v) is 7.54. The van der Waals surface area contributed by atoms with Crippen molar-refractivity contribution in [2.75, 3.05) is 18.5 Å². The van der Waals surface area contributed by atoms with E-state index in [4.69, 9.17) is 11.6 Å². The smallest absolute Gasteiger partial charge is 0.320 e. The van der Waals surface area contributed by atoms with Crippen molar-refractivity contribution < 1.29 is 4.79 Å². The number of anilines is 1. The molecule has 0 aliphatic carbocycles. The van der Waals surface area contributed by atoms with Crippen LogP contribution in [-0.4, -0.2) is 35.0 Å². The highest BCUT2D eigenvalue weighted by atomic mass is 35.5. The number of halogens is 1. The van der Waals surface area contributed by atoms with Crippen LogP contribution in [0.5, 0.6) is 0 Å². The monoisotopic (exact) mass is 315 g/mol. The molecule has 0 spiro atoms. The minimum absolute atomic E-state index is 0.0204. The third-order valence-corrected chi connectivity index (χ3v) is 4.39. The average molecular weight is 316 g/mol. The maximum absolute atomic E-state index is 12.3. The van der Waals surface area contributed by atoms with Crippen molar-refractivity contribution in [2.24, 2.45) is 0 Å². The van der Waals surface area contributed by atoms with E-state index >= 15 is 0 Å². The highest BCUT2D eigenvalue weighted by Gasteiger charge is 2.41. The normalized spacial score (nSPS) is 17.2. The number of hydrogen-bond acceptors (Lipinski definition) is 2. The molecule has 0 saturated carbocycles. The fourth-order valence-corrected chi connectivity index (χ4v) is 2.75. The van der Waals surface area contributed by atoms with E-state index in [2.05, 4.69) is 4.98 Å². The molecule has 22 heavy (non-hydrogen) atoms. The standard InChI is InChI=1S/C17H18ClN3O/c1-17(2)11-21(16(22)20(17)3)15-8-7-13(10-19-15)12-5-4-6-14(18)9-12/h4-10H,11H2,1-3H3. The van der Waals surface area contributed by atoms with Crippen LogP contribution in [-0.2, 0) is 0 Å². The third kappa shape index (κ3) is 2.55. The number of urea groups is 1. The lowest BCUT2D eigenvalue weighted by Gasteiger charge is -2.24. The number of carbonyl (C=O) groups is 1. The van der Waals surface area contributed by atoms with Gasteiger partial charge in [0, 0.05) is 23.8 Å². The Morgan fingerprint density at radius 3 is 2.50 bits per heavy atom. The first-order valence-electron chi connectivity index (χ1n) is 7.16. The Kier molecular flexibility index (Phi) is 3.57. The van der Waals surface area contributed by atoms with Crippen molar-refractivity contribution in [3.05, 3.63) is 47.6 Å². The van der Waals surface area contributed by atoms with E-state index in [1.54, 1.807) is 16.0 Å². The number of benzene rings is 1. The summed E-state index contributed by atoms with van der Waals surface area (Å²) in [6, 6.07) is 11.5. The molecule has 114 valence electrons. The predicted octanol–water partition coefficient (Wildman–Crippen LogP) is 4.05. The van der Waals surface area contributed by atoms with Gasteiger partial charge in [-0.2, -0.15) is 0 Å². The lowest BCUT2D eigenvalue weighted by molar-refractivity contribution is 0.198. The average Bonchev–Trinajstić information content (AvgIpc) is 2.71. The Bertz CT molecular complexity index is 712. The second-order valence-electron chi connectivity index (χ2n) is 6.16. The maximum Gasteiger partial charge on any atom is 0.325 e. The van der Waals surface area contributed by atoms with Crippen molar-refractivity contribution in [3.8, 4) is 11.1 Å². The Balaban J connectivity index is 1.88. The van der Waals surface area contributed by atoms with Gasteiger partial charge in [-0.25, -0.2) is 9.78 Å². The number of rotatable bonds is 2. The molecule has 0 N–H and O–H groups in total. The summed E-state index contributed by atoms with van der Waals surface area (Å²) in [5.41, 5.74) is 1.80. The Morgan fingerprint density at radius 2 is 1.95 bits per heavy atom. The molecule has 1 fully saturated rings. The second kappa shape index (κ2) is 5.29. The third-order valence-electron chi connectivity index (χ3n) is 4.15. The van der Waals surface area contributed by atoms with Crippen LogP contribution in [0.2, 0.25) is 5.02 Å². The van der Waals surface area contributed by atoms with E-state index in [1.807, 2.05) is 57.3 Å². The van der Waals surface area contributed by atoms with Gasteiger partial charge in [0.05, 0.1) is 12.1 Å². The zero-order chi connectivity index (χ0) is 15.9. The van der Waals surface area contributed by atoms with E-state index in [0.29, 0.717) is 17.4 Å². The van der Waals surface area contributed by atoms with Gasteiger partial charge in [0.1, 0.15) is 5.82 Å². The Morgan fingerprint density at radius 1 is 1.18 bits per heavy atom. The molecule has 1 aliphatic rings. The number of amides is 2. The van der Waals surface area contributed by atoms with Gasteiger partial charge >= 0.3 is 6.03 Å². The van der Waals surface area contributed by atoms with Crippen molar-refractivity contribution in [2.45, 2.75) is 19.4 Å². The molecule has 1 aromatic heterocycles. The van der Waals surface area contributed by atoms with Gasteiger partial charge in [-0.15, -0.1) is 0 Å². The van der Waals surface area contributed by atoms with Crippen LogP contribution in [0.1, 0.15) is 13.8 Å². The summed E-state index contributed by atoms with van der Waals surface area (Å²) in [5.74, 6) is 0.674. The number of pyridine rings is 1. The number of nitrogens with zero attached hydrogens (tertiary/aromatic N) is 3.